The predicted molar refractivity (Wildman–Crippen MR) is 94.7 cm³/mol. The molecule has 1 N–H and O–H groups in total. The van der Waals surface area contributed by atoms with Gasteiger partial charge in [-0.1, -0.05) is 33.9 Å². The van der Waals surface area contributed by atoms with E-state index in [1.54, 1.807) is 24.7 Å². The van der Waals surface area contributed by atoms with Gasteiger partial charge in [0, 0.05) is 31.5 Å². The van der Waals surface area contributed by atoms with Crippen molar-refractivity contribution in [3.63, 3.8) is 0 Å². The van der Waals surface area contributed by atoms with Crippen LogP contribution in [-0.2, 0) is 13.1 Å². The van der Waals surface area contributed by atoms with Crippen LogP contribution in [0, 0.1) is 10.1 Å². The van der Waals surface area contributed by atoms with Gasteiger partial charge in [0.05, 0.1) is 6.33 Å². The van der Waals surface area contributed by atoms with Crippen LogP contribution in [0.1, 0.15) is 11.1 Å². The molecule has 0 bridgehead atoms. The first-order valence-corrected chi connectivity index (χ1v) is 7.96. The second kappa shape index (κ2) is 6.63. The van der Waals surface area contributed by atoms with Crippen LogP contribution in [0.2, 0.25) is 0 Å². The molecule has 0 amide bonds. The Morgan fingerprint density at radius 3 is 2.88 bits per heavy atom. The van der Waals surface area contributed by atoms with Crippen molar-refractivity contribution in [2.24, 2.45) is 0 Å². The van der Waals surface area contributed by atoms with Gasteiger partial charge in [0.25, 0.3) is 0 Å². The zero-order valence-electron chi connectivity index (χ0n) is 13.7. The molecule has 0 aliphatic carbocycles. The van der Waals surface area contributed by atoms with E-state index < -0.39 is 4.92 Å². The SMILES string of the molecule is O=[N+]([O-])c1cnc2ccc(NCc3cccc(Cn4ccnc4)c3)nn12. The van der Waals surface area contributed by atoms with Gasteiger partial charge in [-0.3, -0.25) is 0 Å². The first-order chi connectivity index (χ1) is 12.7. The number of nitro groups is 1. The Morgan fingerprint density at radius 1 is 1.19 bits per heavy atom. The summed E-state index contributed by atoms with van der Waals surface area (Å²) in [6.45, 7) is 1.30. The van der Waals surface area contributed by atoms with Gasteiger partial charge in [-0.05, 0) is 22.1 Å². The highest BCUT2D eigenvalue weighted by atomic mass is 16.6. The molecule has 9 nitrogen and oxygen atoms in total. The second-order valence-corrected chi connectivity index (χ2v) is 5.77. The number of nitrogens with zero attached hydrogens (tertiary/aromatic N) is 6. The van der Waals surface area contributed by atoms with Crippen LogP contribution in [0.25, 0.3) is 5.65 Å². The summed E-state index contributed by atoms with van der Waals surface area (Å²) in [6.07, 6.45) is 6.65. The fourth-order valence-corrected chi connectivity index (χ4v) is 2.70. The fraction of sp³-hybridized carbons (Fsp3) is 0.118. The zero-order valence-corrected chi connectivity index (χ0v) is 13.7. The number of imidazole rings is 2. The van der Waals surface area contributed by atoms with Crippen LogP contribution < -0.4 is 5.32 Å². The largest absolute Gasteiger partial charge is 0.368 e. The average molecular weight is 349 g/mol. The number of fused-ring (bicyclic) bond motifs is 1. The van der Waals surface area contributed by atoms with Crippen LogP contribution in [-0.4, -0.2) is 29.1 Å². The standard InChI is InChI=1S/C17H15N7O2/c25-24(26)17-10-20-16-5-4-15(21-23(16)17)19-9-13-2-1-3-14(8-13)11-22-7-6-18-12-22/h1-8,10,12H,9,11H2,(H,19,21). The fourth-order valence-electron chi connectivity index (χ4n) is 2.70. The monoisotopic (exact) mass is 349 g/mol. The quantitative estimate of drug-likeness (QED) is 0.424. The van der Waals surface area contributed by atoms with Gasteiger partial charge in [-0.25, -0.2) is 9.97 Å². The Hall–Kier alpha value is -3.75. The summed E-state index contributed by atoms with van der Waals surface area (Å²) in [7, 11) is 0. The first-order valence-electron chi connectivity index (χ1n) is 7.96. The van der Waals surface area contributed by atoms with Crippen molar-refractivity contribution < 1.29 is 4.92 Å². The third-order valence-corrected chi connectivity index (χ3v) is 3.92. The van der Waals surface area contributed by atoms with Gasteiger partial charge in [0.1, 0.15) is 6.20 Å². The molecule has 1 aromatic carbocycles. The highest BCUT2D eigenvalue weighted by Gasteiger charge is 2.15. The molecule has 0 fully saturated rings. The van der Waals surface area contributed by atoms with E-state index in [0.717, 1.165) is 17.7 Å². The molecule has 0 atom stereocenters. The Morgan fingerprint density at radius 2 is 2.08 bits per heavy atom. The maximum Gasteiger partial charge on any atom is 0.368 e. The van der Waals surface area contributed by atoms with Crippen LogP contribution in [0.4, 0.5) is 11.6 Å². The molecule has 0 saturated heterocycles. The molecule has 0 saturated carbocycles. The van der Waals surface area contributed by atoms with Crippen molar-refractivity contribution in [2.75, 3.05) is 5.32 Å². The molecule has 0 spiro atoms. The highest BCUT2D eigenvalue weighted by molar-refractivity contribution is 5.48. The molecule has 4 rings (SSSR count). The molecule has 3 heterocycles. The van der Waals surface area contributed by atoms with Gasteiger partial charge < -0.3 is 20.0 Å². The van der Waals surface area contributed by atoms with Crippen LogP contribution >= 0.6 is 0 Å². The topological polar surface area (TPSA) is 103 Å². The summed E-state index contributed by atoms with van der Waals surface area (Å²) in [6, 6.07) is 11.6. The van der Waals surface area contributed by atoms with E-state index in [2.05, 4.69) is 32.5 Å². The lowest BCUT2D eigenvalue weighted by Gasteiger charge is -2.08. The van der Waals surface area contributed by atoms with Crippen molar-refractivity contribution in [2.45, 2.75) is 13.1 Å². The van der Waals surface area contributed by atoms with Crippen molar-refractivity contribution in [1.29, 1.82) is 0 Å². The molecule has 0 aliphatic rings. The maximum atomic E-state index is 11.0. The van der Waals surface area contributed by atoms with E-state index in [9.17, 15) is 10.1 Å². The minimum atomic E-state index is -0.504. The highest BCUT2D eigenvalue weighted by Crippen LogP contribution is 2.15. The Kier molecular flexibility index (Phi) is 4.02. The lowest BCUT2D eigenvalue weighted by molar-refractivity contribution is -0.391. The summed E-state index contributed by atoms with van der Waals surface area (Å²) in [4.78, 5) is 18.5. The number of nitrogens with one attached hydrogen (secondary N) is 1. The molecule has 3 aromatic heterocycles. The Labute approximate surface area is 148 Å². The van der Waals surface area contributed by atoms with Crippen molar-refractivity contribution in [3.8, 4) is 0 Å². The summed E-state index contributed by atoms with van der Waals surface area (Å²) < 4.78 is 3.22. The van der Waals surface area contributed by atoms with Crippen molar-refractivity contribution in [1.82, 2.24) is 24.1 Å². The van der Waals surface area contributed by atoms with E-state index >= 15 is 0 Å². The third-order valence-electron chi connectivity index (χ3n) is 3.92. The number of hydrogen-bond acceptors (Lipinski definition) is 6. The molecule has 130 valence electrons. The number of anilines is 1. The number of benzene rings is 1. The van der Waals surface area contributed by atoms with E-state index in [1.807, 2.05) is 22.9 Å². The molecule has 0 aliphatic heterocycles. The lowest BCUT2D eigenvalue weighted by atomic mass is 10.1. The van der Waals surface area contributed by atoms with E-state index in [0.29, 0.717) is 18.0 Å². The number of aromatic nitrogens is 5. The van der Waals surface area contributed by atoms with Gasteiger partial charge in [0.15, 0.2) is 5.82 Å². The molecule has 0 unspecified atom stereocenters. The number of rotatable bonds is 6. The van der Waals surface area contributed by atoms with Gasteiger partial charge in [-0.2, -0.15) is 0 Å². The number of hydrogen-bond donors (Lipinski definition) is 1. The van der Waals surface area contributed by atoms with Crippen LogP contribution in [0.3, 0.4) is 0 Å². The predicted octanol–water partition coefficient (Wildman–Crippen LogP) is 2.49. The average Bonchev–Trinajstić information content (AvgIpc) is 3.29. The molecule has 9 heteroatoms. The van der Waals surface area contributed by atoms with Crippen LogP contribution in [0.5, 0.6) is 0 Å². The van der Waals surface area contributed by atoms with E-state index in [-0.39, 0.29) is 5.82 Å². The van der Waals surface area contributed by atoms with Gasteiger partial charge in [0.2, 0.25) is 5.65 Å². The van der Waals surface area contributed by atoms with Crippen molar-refractivity contribution >= 4 is 17.3 Å². The minimum Gasteiger partial charge on any atom is -0.363 e. The summed E-state index contributed by atoms with van der Waals surface area (Å²) >= 11 is 0. The summed E-state index contributed by atoms with van der Waals surface area (Å²) in [5.74, 6) is 0.379. The lowest BCUT2D eigenvalue weighted by Crippen LogP contribution is -2.06. The zero-order chi connectivity index (χ0) is 17.9. The second-order valence-electron chi connectivity index (χ2n) is 5.77. The molecule has 26 heavy (non-hydrogen) atoms. The Bertz CT molecular complexity index is 1060. The molecule has 0 radical (unpaired) electrons. The molecule has 4 aromatic rings. The normalized spacial score (nSPS) is 10.9. The molecular formula is C17H15N7O2. The molecular weight excluding hydrogens is 334 g/mol. The Balaban J connectivity index is 1.49. The summed E-state index contributed by atoms with van der Waals surface area (Å²) in [5.41, 5.74) is 2.69. The summed E-state index contributed by atoms with van der Waals surface area (Å²) in [5, 5.41) is 18.4. The minimum absolute atomic E-state index is 0.161. The smallest absolute Gasteiger partial charge is 0.363 e. The van der Waals surface area contributed by atoms with Gasteiger partial charge in [-0.15, -0.1) is 0 Å². The van der Waals surface area contributed by atoms with Crippen LogP contribution in [0.15, 0.2) is 61.3 Å². The first kappa shape index (κ1) is 15.8. The van der Waals surface area contributed by atoms with E-state index in [1.165, 1.54) is 10.7 Å². The third kappa shape index (κ3) is 3.22. The maximum absolute atomic E-state index is 11.0. The van der Waals surface area contributed by atoms with Crippen molar-refractivity contribution in [3.05, 3.63) is 82.6 Å². The van der Waals surface area contributed by atoms with E-state index in [4.69, 9.17) is 0 Å². The van der Waals surface area contributed by atoms with Gasteiger partial charge >= 0.3 is 5.82 Å².